The van der Waals surface area contributed by atoms with Crippen LogP contribution in [0.2, 0.25) is 0 Å². The van der Waals surface area contributed by atoms with Crippen LogP contribution in [0, 0.1) is 17.8 Å². The average Bonchev–Trinajstić information content (AvgIpc) is 2.49. The first kappa shape index (κ1) is 8.55. The molecule has 2 rings (SSSR count). The number of fused-ring (bicyclic) bond motifs is 1. The summed E-state index contributed by atoms with van der Waals surface area (Å²) in [4.78, 5) is 0. The van der Waals surface area contributed by atoms with E-state index in [1.165, 1.54) is 32.2 Å². The summed E-state index contributed by atoms with van der Waals surface area (Å²) in [6, 6.07) is 0.881. The fourth-order valence-corrected chi connectivity index (χ4v) is 3.23. The Morgan fingerprint density at radius 1 is 1.17 bits per heavy atom. The predicted octanol–water partition coefficient (Wildman–Crippen LogP) is 2.42. The van der Waals surface area contributed by atoms with Crippen LogP contribution in [-0.2, 0) is 0 Å². The first-order valence-electron chi connectivity index (χ1n) is 5.52. The largest absolute Gasteiger partial charge is 0.314 e. The Kier molecular flexibility index (Phi) is 2.40. The quantitative estimate of drug-likeness (QED) is 0.632. The average molecular weight is 167 g/mol. The van der Waals surface area contributed by atoms with Crippen molar-refractivity contribution in [2.24, 2.45) is 17.8 Å². The van der Waals surface area contributed by atoms with Gasteiger partial charge in [0.1, 0.15) is 0 Å². The first-order chi connectivity index (χ1) is 5.79. The van der Waals surface area contributed by atoms with Crippen molar-refractivity contribution in [2.45, 2.75) is 45.6 Å². The summed E-state index contributed by atoms with van der Waals surface area (Å²) in [7, 11) is 0. The standard InChI is InChI=1S/C11H21N/c1-8(2)9-6-7-12-11-5-3-4-10(9)11/h8-12H,3-7H2,1-2H3. The Labute approximate surface area is 75.9 Å². The van der Waals surface area contributed by atoms with Gasteiger partial charge in [0, 0.05) is 6.04 Å². The SMILES string of the molecule is CC(C)C1CCNC2CCCC21. The van der Waals surface area contributed by atoms with Crippen molar-refractivity contribution in [1.29, 1.82) is 0 Å². The summed E-state index contributed by atoms with van der Waals surface area (Å²) in [6.07, 6.45) is 5.80. The fraction of sp³-hybridized carbons (Fsp3) is 1.00. The van der Waals surface area contributed by atoms with Gasteiger partial charge in [0.2, 0.25) is 0 Å². The molecule has 3 atom stereocenters. The predicted molar refractivity (Wildman–Crippen MR) is 52.1 cm³/mol. The highest BCUT2D eigenvalue weighted by atomic mass is 14.9. The minimum absolute atomic E-state index is 0.881. The van der Waals surface area contributed by atoms with E-state index >= 15 is 0 Å². The second kappa shape index (κ2) is 3.37. The Balaban J connectivity index is 2.03. The molecule has 1 aliphatic heterocycles. The zero-order valence-electron chi connectivity index (χ0n) is 8.34. The van der Waals surface area contributed by atoms with Gasteiger partial charge >= 0.3 is 0 Å². The molecule has 12 heavy (non-hydrogen) atoms. The van der Waals surface area contributed by atoms with Crippen molar-refractivity contribution >= 4 is 0 Å². The maximum Gasteiger partial charge on any atom is 0.00980 e. The molecule has 0 aromatic carbocycles. The van der Waals surface area contributed by atoms with E-state index in [4.69, 9.17) is 0 Å². The van der Waals surface area contributed by atoms with Crippen LogP contribution in [0.3, 0.4) is 0 Å². The number of hydrogen-bond acceptors (Lipinski definition) is 1. The Morgan fingerprint density at radius 3 is 2.75 bits per heavy atom. The van der Waals surface area contributed by atoms with Crippen LogP contribution < -0.4 is 5.32 Å². The maximum absolute atomic E-state index is 3.67. The summed E-state index contributed by atoms with van der Waals surface area (Å²) in [5.74, 6) is 2.93. The van der Waals surface area contributed by atoms with Crippen LogP contribution in [0.5, 0.6) is 0 Å². The molecule has 0 amide bonds. The molecule has 1 aliphatic carbocycles. The van der Waals surface area contributed by atoms with E-state index in [0.717, 1.165) is 23.8 Å². The molecule has 70 valence electrons. The number of piperidine rings is 1. The summed E-state index contributed by atoms with van der Waals surface area (Å²) in [5.41, 5.74) is 0. The fourth-order valence-electron chi connectivity index (χ4n) is 3.23. The van der Waals surface area contributed by atoms with Crippen molar-refractivity contribution in [3.63, 3.8) is 0 Å². The molecule has 0 bridgehead atoms. The van der Waals surface area contributed by atoms with Crippen molar-refractivity contribution in [1.82, 2.24) is 5.32 Å². The van der Waals surface area contributed by atoms with E-state index in [1.807, 2.05) is 0 Å². The van der Waals surface area contributed by atoms with Gasteiger partial charge in [-0.25, -0.2) is 0 Å². The van der Waals surface area contributed by atoms with Crippen LogP contribution in [0.1, 0.15) is 39.5 Å². The Hall–Kier alpha value is -0.0400. The van der Waals surface area contributed by atoms with E-state index in [-0.39, 0.29) is 0 Å². The molecular formula is C11H21N. The highest BCUT2D eigenvalue weighted by Gasteiger charge is 2.37. The van der Waals surface area contributed by atoms with Crippen molar-refractivity contribution < 1.29 is 0 Å². The van der Waals surface area contributed by atoms with Crippen molar-refractivity contribution in [2.75, 3.05) is 6.54 Å². The van der Waals surface area contributed by atoms with Crippen LogP contribution in [0.4, 0.5) is 0 Å². The summed E-state index contributed by atoms with van der Waals surface area (Å²) < 4.78 is 0. The molecule has 1 nitrogen and oxygen atoms in total. The first-order valence-corrected chi connectivity index (χ1v) is 5.52. The second-order valence-corrected chi connectivity index (χ2v) is 4.85. The second-order valence-electron chi connectivity index (χ2n) is 4.85. The van der Waals surface area contributed by atoms with E-state index < -0.39 is 0 Å². The molecule has 2 fully saturated rings. The Bertz CT molecular complexity index is 153. The lowest BCUT2D eigenvalue weighted by molar-refractivity contribution is 0.165. The van der Waals surface area contributed by atoms with Gasteiger partial charge in [-0.3, -0.25) is 0 Å². The minimum atomic E-state index is 0.881. The van der Waals surface area contributed by atoms with Gasteiger partial charge in [0.15, 0.2) is 0 Å². The van der Waals surface area contributed by atoms with Gasteiger partial charge in [-0.1, -0.05) is 20.3 Å². The van der Waals surface area contributed by atoms with E-state index in [2.05, 4.69) is 19.2 Å². The molecule has 2 aliphatic rings. The topological polar surface area (TPSA) is 12.0 Å². The molecular weight excluding hydrogens is 146 g/mol. The molecule has 1 N–H and O–H groups in total. The molecule has 1 saturated heterocycles. The van der Waals surface area contributed by atoms with Gasteiger partial charge in [-0.2, -0.15) is 0 Å². The maximum atomic E-state index is 3.67. The van der Waals surface area contributed by atoms with E-state index in [9.17, 15) is 0 Å². The zero-order chi connectivity index (χ0) is 8.55. The highest BCUT2D eigenvalue weighted by Crippen LogP contribution is 2.39. The van der Waals surface area contributed by atoms with E-state index in [0.29, 0.717) is 0 Å². The lowest BCUT2D eigenvalue weighted by atomic mass is 9.76. The summed E-state index contributed by atoms with van der Waals surface area (Å²) in [5, 5.41) is 3.67. The zero-order valence-corrected chi connectivity index (χ0v) is 8.34. The summed E-state index contributed by atoms with van der Waals surface area (Å²) >= 11 is 0. The van der Waals surface area contributed by atoms with Crippen LogP contribution in [-0.4, -0.2) is 12.6 Å². The molecule has 0 aromatic heterocycles. The van der Waals surface area contributed by atoms with E-state index in [1.54, 1.807) is 0 Å². The monoisotopic (exact) mass is 167 g/mol. The molecule has 1 heterocycles. The van der Waals surface area contributed by atoms with Crippen molar-refractivity contribution in [3.05, 3.63) is 0 Å². The van der Waals surface area contributed by atoms with Gasteiger partial charge in [-0.15, -0.1) is 0 Å². The third-order valence-electron chi connectivity index (χ3n) is 3.86. The minimum Gasteiger partial charge on any atom is -0.314 e. The van der Waals surface area contributed by atoms with Crippen molar-refractivity contribution in [3.8, 4) is 0 Å². The molecule has 0 aromatic rings. The van der Waals surface area contributed by atoms with Crippen LogP contribution in [0.15, 0.2) is 0 Å². The molecule has 1 saturated carbocycles. The van der Waals surface area contributed by atoms with Gasteiger partial charge < -0.3 is 5.32 Å². The normalized spacial score (nSPS) is 41.8. The molecule has 0 radical (unpaired) electrons. The van der Waals surface area contributed by atoms with Gasteiger partial charge in [0.05, 0.1) is 0 Å². The lowest BCUT2D eigenvalue weighted by Gasteiger charge is -2.37. The number of nitrogens with one attached hydrogen (secondary N) is 1. The Morgan fingerprint density at radius 2 is 2.00 bits per heavy atom. The highest BCUT2D eigenvalue weighted by molar-refractivity contribution is 4.92. The third-order valence-corrected chi connectivity index (χ3v) is 3.86. The summed E-state index contributed by atoms with van der Waals surface area (Å²) in [6.45, 7) is 6.06. The van der Waals surface area contributed by atoms with Gasteiger partial charge in [0.25, 0.3) is 0 Å². The van der Waals surface area contributed by atoms with Gasteiger partial charge in [-0.05, 0) is 43.6 Å². The number of hydrogen-bond donors (Lipinski definition) is 1. The van der Waals surface area contributed by atoms with Crippen LogP contribution >= 0.6 is 0 Å². The molecule has 0 spiro atoms. The molecule has 1 heteroatoms. The molecule has 3 unspecified atom stereocenters. The lowest BCUT2D eigenvalue weighted by Crippen LogP contribution is -2.44. The van der Waals surface area contributed by atoms with Crippen LogP contribution in [0.25, 0.3) is 0 Å². The smallest absolute Gasteiger partial charge is 0.00980 e. The third kappa shape index (κ3) is 1.39. The number of rotatable bonds is 1.